The fourth-order valence-corrected chi connectivity index (χ4v) is 6.54. The number of nitrogens with zero attached hydrogens (tertiary/aromatic N) is 5. The minimum absolute atomic E-state index is 0.0654. The summed E-state index contributed by atoms with van der Waals surface area (Å²) in [6.07, 6.45) is 3.77. The second kappa shape index (κ2) is 10.8. The van der Waals surface area contributed by atoms with Crippen LogP contribution in [0.3, 0.4) is 0 Å². The summed E-state index contributed by atoms with van der Waals surface area (Å²) in [6.45, 7) is 8.87. The molecule has 0 aromatic carbocycles. The summed E-state index contributed by atoms with van der Waals surface area (Å²) in [6, 6.07) is 4.37. The number of hydrogen-bond donors (Lipinski definition) is 1. The molecular formula is C25H31N5O3S2. The lowest BCUT2D eigenvalue weighted by Gasteiger charge is -2.40. The molecule has 0 radical (unpaired) electrons. The van der Waals surface area contributed by atoms with Gasteiger partial charge in [-0.3, -0.25) is 14.7 Å². The van der Waals surface area contributed by atoms with Gasteiger partial charge in [0, 0.05) is 55.9 Å². The number of likely N-dealkylation sites (tertiary alicyclic amines) is 1. The van der Waals surface area contributed by atoms with E-state index in [0.29, 0.717) is 23.0 Å². The van der Waals surface area contributed by atoms with Crippen LogP contribution in [0.1, 0.15) is 57.6 Å². The summed E-state index contributed by atoms with van der Waals surface area (Å²) in [5, 5.41) is 13.5. The highest BCUT2D eigenvalue weighted by Crippen LogP contribution is 2.33. The third kappa shape index (κ3) is 5.62. The average Bonchev–Trinajstić information content (AvgIpc) is 3.51. The van der Waals surface area contributed by atoms with Crippen LogP contribution in [-0.4, -0.2) is 81.2 Å². The van der Waals surface area contributed by atoms with Crippen molar-refractivity contribution in [3.63, 3.8) is 0 Å². The van der Waals surface area contributed by atoms with Crippen molar-refractivity contribution in [1.82, 2.24) is 24.8 Å². The van der Waals surface area contributed by atoms with Crippen LogP contribution in [0.15, 0.2) is 23.7 Å². The van der Waals surface area contributed by atoms with Crippen molar-refractivity contribution in [2.24, 2.45) is 0 Å². The van der Waals surface area contributed by atoms with E-state index in [1.165, 1.54) is 11.3 Å². The van der Waals surface area contributed by atoms with Gasteiger partial charge < -0.3 is 14.7 Å². The van der Waals surface area contributed by atoms with Crippen LogP contribution in [0.2, 0.25) is 0 Å². The molecule has 2 aliphatic rings. The van der Waals surface area contributed by atoms with Gasteiger partial charge in [-0.15, -0.1) is 22.7 Å². The van der Waals surface area contributed by atoms with E-state index in [0.717, 1.165) is 79.2 Å². The number of hydrogen-bond acceptors (Lipinski definition) is 9. The molecule has 0 saturated carbocycles. The average molecular weight is 514 g/mol. The van der Waals surface area contributed by atoms with Crippen molar-refractivity contribution in [1.29, 1.82) is 0 Å². The lowest BCUT2D eigenvalue weighted by molar-refractivity contribution is 0.00158. The minimum Gasteiger partial charge on any atom is -0.386 e. The van der Waals surface area contributed by atoms with Gasteiger partial charge in [0.2, 0.25) is 0 Å². The summed E-state index contributed by atoms with van der Waals surface area (Å²) < 4.78 is 5.46. The number of aliphatic hydroxyl groups excluding tert-OH is 1. The maximum absolute atomic E-state index is 13.0. The maximum Gasteiger partial charge on any atom is 0.255 e. The first-order valence-corrected chi connectivity index (χ1v) is 13.8. The Bertz CT molecular complexity index is 1150. The van der Waals surface area contributed by atoms with E-state index in [1.807, 2.05) is 29.3 Å². The van der Waals surface area contributed by atoms with E-state index in [-0.39, 0.29) is 5.91 Å². The number of morpholine rings is 1. The van der Waals surface area contributed by atoms with Crippen LogP contribution in [-0.2, 0) is 11.2 Å². The molecule has 2 fully saturated rings. The number of piperidine rings is 1. The van der Waals surface area contributed by atoms with Crippen LogP contribution in [0, 0.1) is 6.92 Å². The number of rotatable bonds is 6. The number of ether oxygens (including phenoxy) is 1. The molecule has 8 nitrogen and oxygen atoms in total. The van der Waals surface area contributed by atoms with Crippen molar-refractivity contribution >= 4 is 28.6 Å². The van der Waals surface area contributed by atoms with Gasteiger partial charge in [0.1, 0.15) is 11.1 Å². The Labute approximate surface area is 213 Å². The van der Waals surface area contributed by atoms with E-state index in [2.05, 4.69) is 14.9 Å². The highest BCUT2D eigenvalue weighted by atomic mass is 32.1. The quantitative estimate of drug-likeness (QED) is 0.539. The van der Waals surface area contributed by atoms with Crippen LogP contribution in [0.4, 0.5) is 0 Å². The number of pyridine rings is 1. The van der Waals surface area contributed by atoms with Gasteiger partial charge in [-0.1, -0.05) is 0 Å². The molecule has 5 rings (SSSR count). The zero-order valence-corrected chi connectivity index (χ0v) is 21.8. The third-order valence-electron chi connectivity index (χ3n) is 6.67. The van der Waals surface area contributed by atoms with Gasteiger partial charge in [-0.2, -0.15) is 0 Å². The lowest BCUT2D eigenvalue weighted by Crippen LogP contribution is -2.50. The van der Waals surface area contributed by atoms with Gasteiger partial charge in [-0.25, -0.2) is 9.97 Å². The normalized spacial score (nSPS) is 18.7. The Balaban J connectivity index is 1.17. The minimum atomic E-state index is -0.577. The molecule has 0 aliphatic carbocycles. The largest absolute Gasteiger partial charge is 0.386 e. The molecule has 10 heteroatoms. The topological polar surface area (TPSA) is 91.7 Å². The molecule has 0 bridgehead atoms. The summed E-state index contributed by atoms with van der Waals surface area (Å²) in [5.41, 5.74) is 3.31. The molecule has 1 amide bonds. The van der Waals surface area contributed by atoms with Crippen molar-refractivity contribution in [3.8, 4) is 10.6 Å². The first kappa shape index (κ1) is 24.5. The van der Waals surface area contributed by atoms with Crippen LogP contribution < -0.4 is 0 Å². The first-order chi connectivity index (χ1) is 17.0. The molecule has 0 spiro atoms. The summed E-state index contributed by atoms with van der Waals surface area (Å²) in [4.78, 5) is 32.3. The zero-order chi connectivity index (χ0) is 24.4. The first-order valence-electron chi connectivity index (χ1n) is 12.1. The Morgan fingerprint density at radius 1 is 1.20 bits per heavy atom. The second-order valence-electron chi connectivity index (χ2n) is 9.16. The van der Waals surface area contributed by atoms with Gasteiger partial charge in [-0.05, 0) is 38.8 Å². The SMILES string of the molecule is Cc1nc(C(C)O)sc1-c1csc(Cc2ccc(C(=O)N3CCC(N4CCOCC4)CC3)cn2)n1. The fraction of sp³-hybridized carbons (Fsp3) is 0.520. The molecule has 3 aromatic heterocycles. The van der Waals surface area contributed by atoms with Gasteiger partial charge >= 0.3 is 0 Å². The second-order valence-corrected chi connectivity index (χ2v) is 11.1. The Hall–Kier alpha value is -2.24. The number of aryl methyl sites for hydroxylation is 1. The van der Waals surface area contributed by atoms with Gasteiger partial charge in [0.15, 0.2) is 0 Å². The highest BCUT2D eigenvalue weighted by molar-refractivity contribution is 7.16. The summed E-state index contributed by atoms with van der Waals surface area (Å²) >= 11 is 3.07. The number of thiazole rings is 2. The lowest BCUT2D eigenvalue weighted by atomic mass is 10.0. The van der Waals surface area contributed by atoms with E-state index in [1.54, 1.807) is 24.5 Å². The van der Waals surface area contributed by atoms with Crippen LogP contribution in [0.25, 0.3) is 10.6 Å². The smallest absolute Gasteiger partial charge is 0.255 e. The van der Waals surface area contributed by atoms with Gasteiger partial charge in [0.25, 0.3) is 5.91 Å². The summed E-state index contributed by atoms with van der Waals surface area (Å²) in [5.74, 6) is 0.0654. The van der Waals surface area contributed by atoms with E-state index < -0.39 is 6.10 Å². The zero-order valence-electron chi connectivity index (χ0n) is 20.1. The molecule has 2 aliphatic heterocycles. The van der Waals surface area contributed by atoms with Crippen LogP contribution >= 0.6 is 22.7 Å². The maximum atomic E-state index is 13.0. The van der Waals surface area contributed by atoms with Crippen molar-refractivity contribution < 1.29 is 14.6 Å². The summed E-state index contributed by atoms with van der Waals surface area (Å²) in [7, 11) is 0. The number of carbonyl (C=O) groups excluding carboxylic acids is 1. The number of aromatic nitrogens is 3. The third-order valence-corrected chi connectivity index (χ3v) is 8.87. The van der Waals surface area contributed by atoms with Gasteiger partial charge in [0.05, 0.1) is 40.0 Å². The van der Waals surface area contributed by atoms with Crippen molar-refractivity contribution in [3.05, 3.63) is 50.7 Å². The predicted molar refractivity (Wildman–Crippen MR) is 137 cm³/mol. The molecule has 1 unspecified atom stereocenters. The molecule has 3 aromatic rings. The molecule has 1 N–H and O–H groups in total. The number of aliphatic hydroxyl groups is 1. The fourth-order valence-electron chi connectivity index (χ4n) is 4.70. The highest BCUT2D eigenvalue weighted by Gasteiger charge is 2.28. The Morgan fingerprint density at radius 2 is 1.97 bits per heavy atom. The molecule has 35 heavy (non-hydrogen) atoms. The Morgan fingerprint density at radius 3 is 2.63 bits per heavy atom. The van der Waals surface area contributed by atoms with E-state index >= 15 is 0 Å². The molecular weight excluding hydrogens is 482 g/mol. The standard InChI is InChI=1S/C25H31N5O3S2/c1-16-23(35-24(27-16)17(2)31)21-15-34-22(28-21)13-19-4-3-18(14-26-19)25(32)30-7-5-20(6-8-30)29-9-11-33-12-10-29/h3-4,14-15,17,20,31H,5-13H2,1-2H3. The van der Waals surface area contributed by atoms with E-state index in [9.17, 15) is 9.90 Å². The Kier molecular flexibility index (Phi) is 7.54. The van der Waals surface area contributed by atoms with E-state index in [4.69, 9.17) is 9.72 Å². The van der Waals surface area contributed by atoms with Crippen molar-refractivity contribution in [2.75, 3.05) is 39.4 Å². The molecule has 186 valence electrons. The number of carbonyl (C=O) groups is 1. The monoisotopic (exact) mass is 513 g/mol. The van der Waals surface area contributed by atoms with Crippen LogP contribution in [0.5, 0.6) is 0 Å². The predicted octanol–water partition coefficient (Wildman–Crippen LogP) is 3.55. The molecule has 2 saturated heterocycles. The molecule has 5 heterocycles. The van der Waals surface area contributed by atoms with Crippen molar-refractivity contribution in [2.45, 2.75) is 45.3 Å². The molecule has 1 atom stereocenters. The number of amides is 1.